The summed E-state index contributed by atoms with van der Waals surface area (Å²) in [6.07, 6.45) is 4.90. The zero-order valence-electron chi connectivity index (χ0n) is 11.2. The molecule has 0 saturated carbocycles. The van der Waals surface area contributed by atoms with Crippen LogP contribution in [0.1, 0.15) is 5.56 Å². The molecule has 0 aliphatic heterocycles. The van der Waals surface area contributed by atoms with Crippen molar-refractivity contribution in [1.29, 1.82) is 0 Å². The number of H-pyrrole nitrogens is 2. The van der Waals surface area contributed by atoms with Crippen LogP contribution < -0.4 is 5.56 Å². The molecule has 0 spiro atoms. The van der Waals surface area contributed by atoms with Crippen molar-refractivity contribution in [2.45, 2.75) is 6.92 Å². The highest BCUT2D eigenvalue weighted by molar-refractivity contribution is 5.90. The summed E-state index contributed by atoms with van der Waals surface area (Å²) in [5.74, 6) is 0. The van der Waals surface area contributed by atoms with Crippen LogP contribution in [0, 0.1) is 6.92 Å². The van der Waals surface area contributed by atoms with Gasteiger partial charge in [-0.05, 0) is 30.2 Å². The van der Waals surface area contributed by atoms with Crippen LogP contribution in [0.4, 0.5) is 0 Å². The number of hydrogen-bond acceptors (Lipinski definition) is 4. The standard InChI is InChI=1S/C15H11N5O/c1-8-10(2-3-13-12(8)6-19-20-13)9-4-11-14(16-5-9)17-7-18-15(11)21/h2-7H,1H3,(H,19,20)(H,16,17,18,21). The maximum atomic E-state index is 11.9. The lowest BCUT2D eigenvalue weighted by Crippen LogP contribution is -2.07. The molecule has 0 amide bonds. The van der Waals surface area contributed by atoms with Crippen molar-refractivity contribution in [2.75, 3.05) is 0 Å². The highest BCUT2D eigenvalue weighted by Crippen LogP contribution is 2.29. The number of aromatic amines is 2. The topological polar surface area (TPSA) is 87.3 Å². The van der Waals surface area contributed by atoms with E-state index in [0.29, 0.717) is 11.0 Å². The van der Waals surface area contributed by atoms with Crippen molar-refractivity contribution in [1.82, 2.24) is 25.1 Å². The van der Waals surface area contributed by atoms with Gasteiger partial charge < -0.3 is 4.98 Å². The number of nitrogens with one attached hydrogen (secondary N) is 2. The van der Waals surface area contributed by atoms with E-state index >= 15 is 0 Å². The van der Waals surface area contributed by atoms with Gasteiger partial charge in [0.15, 0.2) is 5.65 Å². The number of aromatic nitrogens is 5. The summed E-state index contributed by atoms with van der Waals surface area (Å²) in [4.78, 5) is 22.8. The molecule has 0 fully saturated rings. The summed E-state index contributed by atoms with van der Waals surface area (Å²) in [6, 6.07) is 5.80. The Balaban J connectivity index is 2.02. The van der Waals surface area contributed by atoms with E-state index in [4.69, 9.17) is 0 Å². The normalized spacial score (nSPS) is 11.3. The van der Waals surface area contributed by atoms with Crippen LogP contribution in [0.2, 0.25) is 0 Å². The molecule has 4 rings (SSSR count). The predicted octanol–water partition coefficient (Wildman–Crippen LogP) is 2.17. The summed E-state index contributed by atoms with van der Waals surface area (Å²) in [5.41, 5.74) is 4.27. The smallest absolute Gasteiger partial charge is 0.260 e. The summed E-state index contributed by atoms with van der Waals surface area (Å²) < 4.78 is 0. The van der Waals surface area contributed by atoms with Gasteiger partial charge in [0.05, 0.1) is 23.4 Å². The van der Waals surface area contributed by atoms with E-state index in [1.165, 1.54) is 6.33 Å². The van der Waals surface area contributed by atoms with E-state index in [9.17, 15) is 4.79 Å². The van der Waals surface area contributed by atoms with Crippen molar-refractivity contribution in [3.05, 3.63) is 52.8 Å². The molecule has 4 aromatic rings. The fourth-order valence-corrected chi connectivity index (χ4v) is 2.58. The lowest BCUT2D eigenvalue weighted by molar-refractivity contribution is 1.12. The van der Waals surface area contributed by atoms with Gasteiger partial charge in [-0.25, -0.2) is 9.97 Å². The van der Waals surface area contributed by atoms with Crippen LogP contribution >= 0.6 is 0 Å². The van der Waals surface area contributed by atoms with Gasteiger partial charge in [0, 0.05) is 17.1 Å². The SMILES string of the molecule is Cc1c(-c2cnc3nc[nH]c(=O)c3c2)ccc2[nH]ncc12. The minimum atomic E-state index is -0.184. The molecule has 6 heteroatoms. The zero-order chi connectivity index (χ0) is 14.4. The van der Waals surface area contributed by atoms with Crippen molar-refractivity contribution < 1.29 is 0 Å². The third kappa shape index (κ3) is 1.73. The van der Waals surface area contributed by atoms with Gasteiger partial charge in [0.1, 0.15) is 0 Å². The van der Waals surface area contributed by atoms with Crippen molar-refractivity contribution in [3.8, 4) is 11.1 Å². The van der Waals surface area contributed by atoms with Gasteiger partial charge in [-0.3, -0.25) is 9.89 Å². The Bertz CT molecular complexity index is 1030. The molecule has 3 aromatic heterocycles. The highest BCUT2D eigenvalue weighted by Gasteiger charge is 2.09. The quantitative estimate of drug-likeness (QED) is 0.558. The Morgan fingerprint density at radius 2 is 2.00 bits per heavy atom. The van der Waals surface area contributed by atoms with Crippen molar-refractivity contribution in [2.24, 2.45) is 0 Å². The number of rotatable bonds is 1. The largest absolute Gasteiger partial charge is 0.313 e. The number of hydrogen-bond donors (Lipinski definition) is 2. The van der Waals surface area contributed by atoms with Crippen molar-refractivity contribution >= 4 is 21.9 Å². The first-order valence-electron chi connectivity index (χ1n) is 6.50. The zero-order valence-corrected chi connectivity index (χ0v) is 11.2. The first kappa shape index (κ1) is 11.8. The summed E-state index contributed by atoms with van der Waals surface area (Å²) >= 11 is 0. The predicted molar refractivity (Wildman–Crippen MR) is 80.0 cm³/mol. The third-order valence-corrected chi connectivity index (χ3v) is 3.70. The number of fused-ring (bicyclic) bond motifs is 2. The van der Waals surface area contributed by atoms with Crippen LogP contribution in [0.5, 0.6) is 0 Å². The fourth-order valence-electron chi connectivity index (χ4n) is 2.58. The minimum Gasteiger partial charge on any atom is -0.313 e. The summed E-state index contributed by atoms with van der Waals surface area (Å²) in [5, 5.41) is 8.55. The molecule has 1 aromatic carbocycles. The Morgan fingerprint density at radius 3 is 2.90 bits per heavy atom. The molecule has 21 heavy (non-hydrogen) atoms. The lowest BCUT2D eigenvalue weighted by Gasteiger charge is -2.07. The number of benzene rings is 1. The van der Waals surface area contributed by atoms with Crippen LogP contribution in [0.3, 0.4) is 0 Å². The maximum Gasteiger partial charge on any atom is 0.260 e. The van der Waals surface area contributed by atoms with E-state index < -0.39 is 0 Å². The molecule has 0 aliphatic carbocycles. The second-order valence-electron chi connectivity index (χ2n) is 4.90. The lowest BCUT2D eigenvalue weighted by atomic mass is 9.99. The molecule has 0 unspecified atom stereocenters. The van der Waals surface area contributed by atoms with Crippen LogP contribution in [0.15, 0.2) is 41.7 Å². The van der Waals surface area contributed by atoms with Crippen LogP contribution in [-0.4, -0.2) is 25.1 Å². The molecular formula is C15H11N5O. The Hall–Kier alpha value is -3.02. The van der Waals surface area contributed by atoms with Gasteiger partial charge in [-0.1, -0.05) is 6.07 Å². The van der Waals surface area contributed by atoms with Gasteiger partial charge in [0.25, 0.3) is 5.56 Å². The molecule has 0 atom stereocenters. The van der Waals surface area contributed by atoms with Crippen LogP contribution in [-0.2, 0) is 0 Å². The average Bonchev–Trinajstić information content (AvgIpc) is 2.97. The molecule has 0 bridgehead atoms. The highest BCUT2D eigenvalue weighted by atomic mass is 16.1. The maximum absolute atomic E-state index is 11.9. The van der Waals surface area contributed by atoms with E-state index in [1.807, 2.05) is 25.1 Å². The van der Waals surface area contributed by atoms with Gasteiger partial charge in [-0.2, -0.15) is 5.10 Å². The molecular weight excluding hydrogens is 266 g/mol. The van der Waals surface area contributed by atoms with Crippen LogP contribution in [0.25, 0.3) is 33.1 Å². The second-order valence-corrected chi connectivity index (χ2v) is 4.90. The second kappa shape index (κ2) is 4.24. The third-order valence-electron chi connectivity index (χ3n) is 3.70. The summed E-state index contributed by atoms with van der Waals surface area (Å²) in [7, 11) is 0. The van der Waals surface area contributed by atoms with E-state index in [-0.39, 0.29) is 5.56 Å². The van der Waals surface area contributed by atoms with Crippen molar-refractivity contribution in [3.63, 3.8) is 0 Å². The van der Waals surface area contributed by atoms with Gasteiger partial charge in [-0.15, -0.1) is 0 Å². The molecule has 0 radical (unpaired) electrons. The van der Waals surface area contributed by atoms with E-state index in [0.717, 1.165) is 27.6 Å². The van der Waals surface area contributed by atoms with Gasteiger partial charge >= 0.3 is 0 Å². The molecule has 6 nitrogen and oxygen atoms in total. The number of nitrogens with zero attached hydrogens (tertiary/aromatic N) is 3. The Morgan fingerprint density at radius 1 is 1.10 bits per heavy atom. The summed E-state index contributed by atoms with van der Waals surface area (Å²) in [6.45, 7) is 2.03. The Kier molecular flexibility index (Phi) is 2.38. The molecule has 0 aliphatic rings. The Labute approximate surface area is 118 Å². The minimum absolute atomic E-state index is 0.184. The number of aryl methyl sites for hydroxylation is 1. The average molecular weight is 277 g/mol. The fraction of sp³-hybridized carbons (Fsp3) is 0.0667. The van der Waals surface area contributed by atoms with E-state index in [2.05, 4.69) is 25.1 Å². The first-order valence-corrected chi connectivity index (χ1v) is 6.50. The molecule has 0 saturated heterocycles. The monoisotopic (exact) mass is 277 g/mol. The van der Waals surface area contributed by atoms with Gasteiger partial charge in [0.2, 0.25) is 0 Å². The molecule has 102 valence electrons. The number of pyridine rings is 1. The van der Waals surface area contributed by atoms with E-state index in [1.54, 1.807) is 12.4 Å². The molecule has 2 N–H and O–H groups in total. The molecule has 3 heterocycles. The first-order chi connectivity index (χ1) is 10.2.